The standard InChI is InChI=1S/C17H23N5OS/c1-13-12-24-16(21-13)14-5-3-10-22(11-14)15(23)6-2-7-18-17-19-8-4-9-20-17/h4,8-9,12,14H,2-3,5-7,10-11H2,1H3,(H,18,19,20)/t14-/m1/s1. The molecule has 1 aliphatic heterocycles. The number of nitrogens with one attached hydrogen (secondary N) is 1. The van der Waals surface area contributed by atoms with E-state index < -0.39 is 0 Å². The van der Waals surface area contributed by atoms with Gasteiger partial charge < -0.3 is 10.2 Å². The minimum Gasteiger partial charge on any atom is -0.354 e. The molecule has 1 fully saturated rings. The van der Waals surface area contributed by atoms with Gasteiger partial charge in [-0.25, -0.2) is 15.0 Å². The van der Waals surface area contributed by atoms with Gasteiger partial charge in [0.15, 0.2) is 0 Å². The van der Waals surface area contributed by atoms with E-state index in [2.05, 4.69) is 25.6 Å². The lowest BCUT2D eigenvalue weighted by atomic mass is 9.98. The van der Waals surface area contributed by atoms with Gasteiger partial charge in [0.05, 0.1) is 5.01 Å². The zero-order valence-corrected chi connectivity index (χ0v) is 14.8. The highest BCUT2D eigenvalue weighted by molar-refractivity contribution is 7.09. The fraction of sp³-hybridized carbons (Fsp3) is 0.529. The molecule has 2 aromatic heterocycles. The molecule has 0 unspecified atom stereocenters. The summed E-state index contributed by atoms with van der Waals surface area (Å²) in [7, 11) is 0. The Kier molecular flexibility index (Phi) is 5.74. The molecule has 3 heterocycles. The van der Waals surface area contributed by atoms with Gasteiger partial charge in [-0.15, -0.1) is 11.3 Å². The molecule has 1 aliphatic rings. The lowest BCUT2D eigenvalue weighted by molar-refractivity contribution is -0.132. The maximum Gasteiger partial charge on any atom is 0.222 e. The van der Waals surface area contributed by atoms with Gasteiger partial charge in [0.1, 0.15) is 0 Å². The van der Waals surface area contributed by atoms with Crippen molar-refractivity contribution in [2.45, 2.75) is 38.5 Å². The fourth-order valence-electron chi connectivity index (χ4n) is 2.95. The van der Waals surface area contributed by atoms with Crippen LogP contribution < -0.4 is 5.32 Å². The van der Waals surface area contributed by atoms with Crippen LogP contribution in [0, 0.1) is 6.92 Å². The number of piperidine rings is 1. The first-order valence-corrected chi connectivity index (χ1v) is 9.31. The number of rotatable bonds is 6. The highest BCUT2D eigenvalue weighted by Gasteiger charge is 2.26. The third kappa shape index (κ3) is 4.50. The predicted molar refractivity (Wildman–Crippen MR) is 95.2 cm³/mol. The molecule has 2 aromatic rings. The number of anilines is 1. The number of hydrogen-bond donors (Lipinski definition) is 1. The maximum absolute atomic E-state index is 12.4. The zero-order chi connectivity index (χ0) is 16.8. The number of thiazole rings is 1. The third-order valence-electron chi connectivity index (χ3n) is 4.18. The molecule has 0 spiro atoms. The summed E-state index contributed by atoms with van der Waals surface area (Å²) >= 11 is 1.72. The summed E-state index contributed by atoms with van der Waals surface area (Å²) in [5.41, 5.74) is 1.08. The van der Waals surface area contributed by atoms with Gasteiger partial charge in [-0.2, -0.15) is 0 Å². The maximum atomic E-state index is 12.4. The van der Waals surface area contributed by atoms with E-state index in [0.717, 1.165) is 38.0 Å². The number of amides is 1. The number of aryl methyl sites for hydroxylation is 1. The molecule has 1 amide bonds. The second-order valence-electron chi connectivity index (χ2n) is 6.11. The summed E-state index contributed by atoms with van der Waals surface area (Å²) in [5.74, 6) is 1.25. The molecule has 1 saturated heterocycles. The Labute approximate surface area is 146 Å². The number of aromatic nitrogens is 3. The lowest BCUT2D eigenvalue weighted by Gasteiger charge is -2.32. The van der Waals surface area contributed by atoms with Crippen molar-refractivity contribution in [1.82, 2.24) is 19.9 Å². The number of hydrogen-bond acceptors (Lipinski definition) is 6. The third-order valence-corrected chi connectivity index (χ3v) is 5.30. The van der Waals surface area contributed by atoms with Gasteiger partial charge >= 0.3 is 0 Å². The molecular weight excluding hydrogens is 322 g/mol. The minimum absolute atomic E-state index is 0.240. The summed E-state index contributed by atoms with van der Waals surface area (Å²) in [6.07, 6.45) is 6.94. The normalized spacial score (nSPS) is 17.7. The van der Waals surface area contributed by atoms with Crippen molar-refractivity contribution in [2.24, 2.45) is 0 Å². The SMILES string of the molecule is Cc1csc([C@@H]2CCCN(C(=O)CCCNc3ncccn3)C2)n1. The molecular formula is C17H23N5OS. The Morgan fingerprint density at radius 1 is 1.42 bits per heavy atom. The Balaban J connectivity index is 1.43. The van der Waals surface area contributed by atoms with E-state index in [-0.39, 0.29) is 5.91 Å². The van der Waals surface area contributed by atoms with E-state index in [9.17, 15) is 4.79 Å². The van der Waals surface area contributed by atoms with Crippen molar-refractivity contribution in [3.63, 3.8) is 0 Å². The molecule has 1 N–H and O–H groups in total. The van der Waals surface area contributed by atoms with E-state index in [0.29, 0.717) is 24.8 Å². The molecule has 7 heteroatoms. The van der Waals surface area contributed by atoms with Crippen molar-refractivity contribution in [3.05, 3.63) is 34.5 Å². The smallest absolute Gasteiger partial charge is 0.222 e. The molecule has 3 rings (SSSR count). The van der Waals surface area contributed by atoms with Crippen molar-refractivity contribution in [3.8, 4) is 0 Å². The first-order valence-electron chi connectivity index (χ1n) is 8.43. The van der Waals surface area contributed by atoms with Gasteiger partial charge in [0.2, 0.25) is 11.9 Å². The largest absolute Gasteiger partial charge is 0.354 e. The van der Waals surface area contributed by atoms with Crippen LogP contribution in [0.2, 0.25) is 0 Å². The fourth-order valence-corrected chi connectivity index (χ4v) is 3.88. The van der Waals surface area contributed by atoms with E-state index >= 15 is 0 Å². The monoisotopic (exact) mass is 345 g/mol. The molecule has 24 heavy (non-hydrogen) atoms. The van der Waals surface area contributed by atoms with Gasteiger partial charge in [-0.1, -0.05) is 0 Å². The van der Waals surface area contributed by atoms with E-state index in [4.69, 9.17) is 0 Å². The van der Waals surface area contributed by atoms with Crippen molar-refractivity contribution in [1.29, 1.82) is 0 Å². The molecule has 0 aliphatic carbocycles. The van der Waals surface area contributed by atoms with Crippen molar-refractivity contribution < 1.29 is 4.79 Å². The minimum atomic E-state index is 0.240. The summed E-state index contributed by atoms with van der Waals surface area (Å²) in [5, 5.41) is 6.40. The van der Waals surface area contributed by atoms with Crippen LogP contribution in [0.15, 0.2) is 23.8 Å². The molecule has 0 saturated carbocycles. The number of carbonyl (C=O) groups is 1. The Hall–Kier alpha value is -2.02. The van der Waals surface area contributed by atoms with Crippen LogP contribution in [0.3, 0.4) is 0 Å². The summed E-state index contributed by atoms with van der Waals surface area (Å²) < 4.78 is 0. The van der Waals surface area contributed by atoms with E-state index in [1.54, 1.807) is 29.8 Å². The molecule has 128 valence electrons. The number of carbonyl (C=O) groups excluding carboxylic acids is 1. The molecule has 0 radical (unpaired) electrons. The van der Waals surface area contributed by atoms with Crippen molar-refractivity contribution in [2.75, 3.05) is 25.0 Å². The molecule has 0 aromatic carbocycles. The van der Waals surface area contributed by atoms with Gasteiger partial charge in [-0.05, 0) is 32.3 Å². The quantitative estimate of drug-likeness (QED) is 0.815. The summed E-state index contributed by atoms with van der Waals surface area (Å²) in [4.78, 5) is 27.3. The average molecular weight is 345 g/mol. The van der Waals surface area contributed by atoms with E-state index in [1.807, 2.05) is 11.8 Å². The van der Waals surface area contributed by atoms with Crippen LogP contribution in [-0.2, 0) is 4.79 Å². The number of nitrogens with zero attached hydrogens (tertiary/aromatic N) is 4. The van der Waals surface area contributed by atoms with Gasteiger partial charge in [-0.3, -0.25) is 4.79 Å². The van der Waals surface area contributed by atoms with Crippen LogP contribution in [0.5, 0.6) is 0 Å². The van der Waals surface area contributed by atoms with Crippen molar-refractivity contribution >= 4 is 23.2 Å². The summed E-state index contributed by atoms with van der Waals surface area (Å²) in [6.45, 7) is 4.41. The Morgan fingerprint density at radius 3 is 3.00 bits per heavy atom. The van der Waals surface area contributed by atoms with Crippen LogP contribution in [-0.4, -0.2) is 45.4 Å². The molecule has 1 atom stereocenters. The lowest BCUT2D eigenvalue weighted by Crippen LogP contribution is -2.39. The Bertz CT molecular complexity index is 660. The molecule has 0 bridgehead atoms. The van der Waals surface area contributed by atoms with Gasteiger partial charge in [0.25, 0.3) is 0 Å². The first-order chi connectivity index (χ1) is 11.7. The highest BCUT2D eigenvalue weighted by Crippen LogP contribution is 2.29. The topological polar surface area (TPSA) is 71.0 Å². The second-order valence-corrected chi connectivity index (χ2v) is 7.00. The second kappa shape index (κ2) is 8.19. The van der Waals surface area contributed by atoms with Crippen LogP contribution in [0.25, 0.3) is 0 Å². The van der Waals surface area contributed by atoms with Crippen LogP contribution in [0.1, 0.15) is 42.3 Å². The molecule has 6 nitrogen and oxygen atoms in total. The van der Waals surface area contributed by atoms with Crippen LogP contribution >= 0.6 is 11.3 Å². The Morgan fingerprint density at radius 2 is 2.25 bits per heavy atom. The highest BCUT2D eigenvalue weighted by atomic mass is 32.1. The van der Waals surface area contributed by atoms with Crippen LogP contribution in [0.4, 0.5) is 5.95 Å². The zero-order valence-electron chi connectivity index (χ0n) is 13.9. The van der Waals surface area contributed by atoms with E-state index in [1.165, 1.54) is 5.01 Å². The number of likely N-dealkylation sites (tertiary alicyclic amines) is 1. The summed E-state index contributed by atoms with van der Waals surface area (Å²) in [6, 6.07) is 1.78. The van der Waals surface area contributed by atoms with Gasteiger partial charge in [0, 0.05) is 55.4 Å². The predicted octanol–water partition coefficient (Wildman–Crippen LogP) is 2.84. The average Bonchev–Trinajstić information content (AvgIpc) is 3.06. The first kappa shape index (κ1) is 16.8.